The summed E-state index contributed by atoms with van der Waals surface area (Å²) in [5.41, 5.74) is 3.37. The number of rotatable bonds is 2. The number of hydrogen-bond acceptors (Lipinski definition) is 5. The van der Waals surface area contributed by atoms with Crippen LogP contribution in [0, 0.1) is 0 Å². The highest BCUT2D eigenvalue weighted by Crippen LogP contribution is 2.54. The second-order valence-corrected chi connectivity index (χ2v) is 8.46. The Hall–Kier alpha value is -4.01. The van der Waals surface area contributed by atoms with Crippen molar-refractivity contribution in [2.75, 3.05) is 11.9 Å². The molecule has 2 aliphatic heterocycles. The molecule has 0 aliphatic carbocycles. The summed E-state index contributed by atoms with van der Waals surface area (Å²) >= 11 is 0. The Bertz CT molecular complexity index is 1400. The first-order chi connectivity index (χ1) is 15.5. The first kappa shape index (κ1) is 18.7. The lowest BCUT2D eigenvalue weighted by molar-refractivity contribution is -0.121. The summed E-state index contributed by atoms with van der Waals surface area (Å²) < 4.78 is 3.49. The van der Waals surface area contributed by atoms with Crippen molar-refractivity contribution in [1.29, 1.82) is 0 Å². The highest BCUT2D eigenvalue weighted by atomic mass is 16.2. The van der Waals surface area contributed by atoms with Crippen molar-refractivity contribution in [2.24, 2.45) is 14.1 Å². The summed E-state index contributed by atoms with van der Waals surface area (Å²) in [5, 5.41) is 7.38. The fraction of sp³-hybridized carbons (Fsp3) is 0.261. The fourth-order valence-electron chi connectivity index (χ4n) is 5.30. The van der Waals surface area contributed by atoms with Crippen molar-refractivity contribution in [3.05, 3.63) is 71.9 Å². The zero-order valence-corrected chi connectivity index (χ0v) is 17.7. The van der Waals surface area contributed by atoms with E-state index in [2.05, 4.69) is 20.4 Å². The van der Waals surface area contributed by atoms with E-state index in [0.29, 0.717) is 29.7 Å². The van der Waals surface area contributed by atoms with Gasteiger partial charge in [-0.25, -0.2) is 9.97 Å². The molecule has 0 bridgehead atoms. The molecule has 2 atom stereocenters. The van der Waals surface area contributed by atoms with Crippen LogP contribution < -0.4 is 5.32 Å². The van der Waals surface area contributed by atoms with Gasteiger partial charge in [-0.1, -0.05) is 18.2 Å². The van der Waals surface area contributed by atoms with E-state index in [1.165, 1.54) is 0 Å². The molecule has 0 radical (unpaired) electrons. The van der Waals surface area contributed by atoms with E-state index in [1.54, 1.807) is 38.9 Å². The van der Waals surface area contributed by atoms with E-state index in [-0.39, 0.29) is 11.8 Å². The maximum absolute atomic E-state index is 13.9. The smallest absolute Gasteiger partial charge is 0.256 e. The summed E-state index contributed by atoms with van der Waals surface area (Å²) in [5.74, 6) is -0.250. The van der Waals surface area contributed by atoms with E-state index in [9.17, 15) is 9.59 Å². The Morgan fingerprint density at radius 2 is 2.03 bits per heavy atom. The molecule has 2 aliphatic rings. The Kier molecular flexibility index (Phi) is 3.80. The van der Waals surface area contributed by atoms with Crippen LogP contribution in [-0.4, -0.2) is 47.6 Å². The van der Waals surface area contributed by atoms with Gasteiger partial charge in [0.2, 0.25) is 5.91 Å². The van der Waals surface area contributed by atoms with Crippen molar-refractivity contribution in [3.63, 3.8) is 0 Å². The number of imidazole rings is 1. The molecule has 4 aromatic rings. The third kappa shape index (κ3) is 2.36. The predicted molar refractivity (Wildman–Crippen MR) is 117 cm³/mol. The van der Waals surface area contributed by atoms with Crippen LogP contribution in [0.4, 0.5) is 5.69 Å². The molecule has 0 saturated carbocycles. The number of anilines is 1. The average molecular weight is 427 g/mol. The minimum Gasteiger partial charge on any atom is -0.330 e. The van der Waals surface area contributed by atoms with Crippen molar-refractivity contribution in [3.8, 4) is 0 Å². The van der Waals surface area contributed by atoms with Crippen molar-refractivity contribution in [2.45, 2.75) is 17.9 Å². The monoisotopic (exact) mass is 427 g/mol. The van der Waals surface area contributed by atoms with Gasteiger partial charge in [0.1, 0.15) is 10.9 Å². The van der Waals surface area contributed by atoms with E-state index >= 15 is 0 Å². The number of benzene rings is 1. The summed E-state index contributed by atoms with van der Waals surface area (Å²) in [4.78, 5) is 37.9. The van der Waals surface area contributed by atoms with Crippen LogP contribution in [0.3, 0.4) is 0 Å². The molecule has 3 aromatic heterocycles. The standard InChI is InChI=1S/C23H21N7O2/c1-28-13-25-18-15(7-9-24-20(18)28)21(31)30-10-8-23(19(30)14-11-26-29(2)12-14)16-5-3-4-6-17(16)27-22(23)32/h3-7,9,11-13,19H,8,10H2,1-2H3,(H,27,32)/t19-,23+/m0/s1. The molecule has 32 heavy (non-hydrogen) atoms. The SMILES string of the molecule is Cn1cc([C@@H]2N(C(=O)c3ccnc4c3ncn4C)CC[C@]23C(=O)Nc2ccccc23)cn1. The van der Waals surface area contributed by atoms with E-state index in [1.807, 2.05) is 44.6 Å². The van der Waals surface area contributed by atoms with Gasteiger partial charge in [0.25, 0.3) is 5.91 Å². The fourth-order valence-corrected chi connectivity index (χ4v) is 5.30. The third-order valence-electron chi connectivity index (χ3n) is 6.72. The van der Waals surface area contributed by atoms with Gasteiger partial charge in [-0.05, 0) is 24.1 Å². The minimum atomic E-state index is -0.869. The number of nitrogens with one attached hydrogen (secondary N) is 1. The molecule has 9 nitrogen and oxygen atoms in total. The molecule has 9 heteroatoms. The van der Waals surface area contributed by atoms with E-state index < -0.39 is 11.5 Å². The van der Waals surface area contributed by atoms with Gasteiger partial charge in [-0.15, -0.1) is 0 Å². The molecule has 5 heterocycles. The van der Waals surface area contributed by atoms with Crippen LogP contribution in [0.1, 0.15) is 33.9 Å². The van der Waals surface area contributed by atoms with Crippen LogP contribution in [-0.2, 0) is 24.3 Å². The topological polar surface area (TPSA) is 97.9 Å². The quantitative estimate of drug-likeness (QED) is 0.529. The summed E-state index contributed by atoms with van der Waals surface area (Å²) in [6.45, 7) is 0.441. The molecule has 1 N–H and O–H groups in total. The normalized spacial score (nSPS) is 22.0. The molecule has 1 fully saturated rings. The Morgan fingerprint density at radius 1 is 1.19 bits per heavy atom. The molecule has 2 amide bonds. The van der Waals surface area contributed by atoms with Crippen LogP contribution in [0.15, 0.2) is 55.2 Å². The third-order valence-corrected chi connectivity index (χ3v) is 6.72. The number of aryl methyl sites for hydroxylation is 2. The van der Waals surface area contributed by atoms with Gasteiger partial charge in [0.15, 0.2) is 5.65 Å². The molecular weight excluding hydrogens is 406 g/mol. The molecule has 0 unspecified atom stereocenters. The molecule has 1 saturated heterocycles. The molecule has 1 aromatic carbocycles. The summed E-state index contributed by atoms with van der Waals surface area (Å²) in [6, 6.07) is 8.95. The number of para-hydroxylation sites is 1. The second kappa shape index (κ2) is 6.49. The number of carbonyl (C=O) groups excluding carboxylic acids is 2. The molecule has 160 valence electrons. The Balaban J connectivity index is 1.53. The number of aromatic nitrogens is 5. The van der Waals surface area contributed by atoms with Crippen molar-refractivity contribution in [1.82, 2.24) is 29.2 Å². The zero-order chi connectivity index (χ0) is 22.0. The van der Waals surface area contributed by atoms with Crippen molar-refractivity contribution < 1.29 is 9.59 Å². The van der Waals surface area contributed by atoms with E-state index in [0.717, 1.165) is 16.8 Å². The number of likely N-dealkylation sites (tertiary alicyclic amines) is 1. The number of amides is 2. The highest BCUT2D eigenvalue weighted by molar-refractivity contribution is 6.09. The predicted octanol–water partition coefficient (Wildman–Crippen LogP) is 2.18. The second-order valence-electron chi connectivity index (χ2n) is 8.46. The van der Waals surface area contributed by atoms with Gasteiger partial charge in [-0.3, -0.25) is 14.3 Å². The number of nitrogens with zero attached hydrogens (tertiary/aromatic N) is 6. The van der Waals surface area contributed by atoms with Gasteiger partial charge >= 0.3 is 0 Å². The minimum absolute atomic E-state index is 0.0828. The van der Waals surface area contributed by atoms with Crippen LogP contribution >= 0.6 is 0 Å². The van der Waals surface area contributed by atoms with Gasteiger partial charge in [-0.2, -0.15) is 5.10 Å². The largest absolute Gasteiger partial charge is 0.330 e. The Labute approximate surface area is 183 Å². The Morgan fingerprint density at radius 3 is 2.84 bits per heavy atom. The van der Waals surface area contributed by atoms with Gasteiger partial charge < -0.3 is 14.8 Å². The van der Waals surface area contributed by atoms with Gasteiger partial charge in [0, 0.05) is 44.3 Å². The first-order valence-corrected chi connectivity index (χ1v) is 10.5. The lowest BCUT2D eigenvalue weighted by Crippen LogP contribution is -2.42. The number of fused-ring (bicyclic) bond motifs is 3. The zero-order valence-electron chi connectivity index (χ0n) is 17.7. The van der Waals surface area contributed by atoms with Crippen LogP contribution in [0.25, 0.3) is 11.2 Å². The maximum atomic E-state index is 13.9. The molecule has 6 rings (SSSR count). The average Bonchev–Trinajstić information content (AvgIpc) is 3.55. The number of carbonyl (C=O) groups is 2. The summed E-state index contributed by atoms with van der Waals surface area (Å²) in [6.07, 6.45) is 7.43. The molecular formula is C23H21N7O2. The number of pyridine rings is 1. The lowest BCUT2D eigenvalue weighted by atomic mass is 9.73. The maximum Gasteiger partial charge on any atom is 0.256 e. The van der Waals surface area contributed by atoms with E-state index in [4.69, 9.17) is 0 Å². The lowest BCUT2D eigenvalue weighted by Gasteiger charge is -2.33. The van der Waals surface area contributed by atoms with Crippen molar-refractivity contribution >= 4 is 28.7 Å². The van der Waals surface area contributed by atoms with Crippen LogP contribution in [0.2, 0.25) is 0 Å². The highest BCUT2D eigenvalue weighted by Gasteiger charge is 2.59. The van der Waals surface area contributed by atoms with Gasteiger partial charge in [0.05, 0.1) is 24.1 Å². The first-order valence-electron chi connectivity index (χ1n) is 10.5. The summed E-state index contributed by atoms with van der Waals surface area (Å²) in [7, 11) is 3.68. The van der Waals surface area contributed by atoms with Crippen LogP contribution in [0.5, 0.6) is 0 Å². The molecule has 1 spiro atoms. The number of hydrogen-bond donors (Lipinski definition) is 1.